The van der Waals surface area contributed by atoms with Crippen molar-refractivity contribution in [2.75, 3.05) is 25.0 Å². The average Bonchev–Trinajstić information content (AvgIpc) is 2.76. The van der Waals surface area contributed by atoms with Crippen LogP contribution in [0.5, 0.6) is 5.75 Å². The number of para-hydroxylation sites is 1. The van der Waals surface area contributed by atoms with Crippen LogP contribution in [-0.2, 0) is 6.54 Å². The van der Waals surface area contributed by atoms with Gasteiger partial charge in [-0.3, -0.25) is 4.99 Å². The number of rotatable bonds is 4. The number of nitrogens with one attached hydrogen (secondary N) is 2. The van der Waals surface area contributed by atoms with Crippen LogP contribution >= 0.6 is 0 Å². The zero-order valence-electron chi connectivity index (χ0n) is 18.3. The fraction of sp³-hybridized carbons (Fsp3) is 0.500. The fourth-order valence-electron chi connectivity index (χ4n) is 4.34. The second-order valence-corrected chi connectivity index (χ2v) is 8.80. The first-order valence-electron chi connectivity index (χ1n) is 11.0. The van der Waals surface area contributed by atoms with Gasteiger partial charge < -0.3 is 20.3 Å². The normalized spacial score (nSPS) is 20.8. The minimum Gasteiger partial charge on any atom is -0.487 e. The van der Waals surface area contributed by atoms with Crippen molar-refractivity contribution < 1.29 is 4.74 Å². The molecule has 2 N–H and O–H groups in total. The lowest BCUT2D eigenvalue weighted by molar-refractivity contribution is 0.0694. The van der Waals surface area contributed by atoms with Crippen LogP contribution < -0.4 is 20.3 Å². The monoisotopic (exact) mass is 407 g/mol. The molecule has 1 saturated heterocycles. The molecule has 6 nitrogen and oxygen atoms in total. The molecular formula is C24H33N5O. The lowest BCUT2D eigenvalue weighted by atomic mass is 9.90. The molecule has 0 saturated carbocycles. The second-order valence-electron chi connectivity index (χ2n) is 8.80. The van der Waals surface area contributed by atoms with Crippen molar-refractivity contribution in [2.24, 2.45) is 4.99 Å². The number of aliphatic imine (C=N–C) groups is 1. The molecule has 6 heteroatoms. The first kappa shape index (κ1) is 20.5. The van der Waals surface area contributed by atoms with Gasteiger partial charge >= 0.3 is 0 Å². The molecule has 4 rings (SSSR count). The summed E-state index contributed by atoms with van der Waals surface area (Å²) in [6, 6.07) is 12.7. The van der Waals surface area contributed by atoms with Crippen LogP contribution in [0.2, 0.25) is 0 Å². The molecule has 1 fully saturated rings. The van der Waals surface area contributed by atoms with E-state index < -0.39 is 0 Å². The summed E-state index contributed by atoms with van der Waals surface area (Å²) < 4.78 is 6.15. The van der Waals surface area contributed by atoms with E-state index in [1.165, 1.54) is 30.4 Å². The predicted molar refractivity (Wildman–Crippen MR) is 122 cm³/mol. The lowest BCUT2D eigenvalue weighted by Crippen LogP contribution is -2.45. The minimum atomic E-state index is -0.223. The Kier molecular flexibility index (Phi) is 6.11. The number of aromatic nitrogens is 1. The van der Waals surface area contributed by atoms with Crippen molar-refractivity contribution in [2.45, 2.75) is 57.7 Å². The van der Waals surface area contributed by atoms with Gasteiger partial charge in [0.15, 0.2) is 5.96 Å². The van der Waals surface area contributed by atoms with Crippen LogP contribution in [-0.4, -0.2) is 36.7 Å². The minimum absolute atomic E-state index is 0.150. The molecule has 1 unspecified atom stereocenters. The molecule has 2 aliphatic rings. The smallest absolute Gasteiger partial charge is 0.191 e. The summed E-state index contributed by atoms with van der Waals surface area (Å²) in [6.45, 7) is 7.18. The van der Waals surface area contributed by atoms with Gasteiger partial charge in [-0.1, -0.05) is 18.2 Å². The summed E-state index contributed by atoms with van der Waals surface area (Å²) in [5, 5.41) is 7.07. The Morgan fingerprint density at radius 1 is 1.20 bits per heavy atom. The van der Waals surface area contributed by atoms with E-state index in [-0.39, 0.29) is 11.6 Å². The number of hydrogen-bond acceptors (Lipinski definition) is 4. The summed E-state index contributed by atoms with van der Waals surface area (Å²) >= 11 is 0. The molecule has 0 amide bonds. The van der Waals surface area contributed by atoms with E-state index in [1.54, 1.807) is 0 Å². The van der Waals surface area contributed by atoms with Crippen molar-refractivity contribution in [1.29, 1.82) is 0 Å². The van der Waals surface area contributed by atoms with Gasteiger partial charge in [0, 0.05) is 44.9 Å². The first-order chi connectivity index (χ1) is 14.5. The van der Waals surface area contributed by atoms with Gasteiger partial charge in [0.25, 0.3) is 0 Å². The van der Waals surface area contributed by atoms with Crippen LogP contribution in [0, 0.1) is 0 Å². The Labute approximate surface area is 179 Å². The van der Waals surface area contributed by atoms with Crippen molar-refractivity contribution in [3.8, 4) is 5.75 Å². The summed E-state index contributed by atoms with van der Waals surface area (Å²) in [6.07, 6.45) is 6.62. The molecule has 30 heavy (non-hydrogen) atoms. The Morgan fingerprint density at radius 3 is 2.80 bits per heavy atom. The highest BCUT2D eigenvalue weighted by Gasteiger charge is 2.33. The third-order valence-electron chi connectivity index (χ3n) is 5.86. The van der Waals surface area contributed by atoms with Gasteiger partial charge in [-0.15, -0.1) is 0 Å². The maximum absolute atomic E-state index is 6.15. The van der Waals surface area contributed by atoms with E-state index in [0.717, 1.165) is 37.0 Å². The van der Waals surface area contributed by atoms with E-state index in [4.69, 9.17) is 4.74 Å². The summed E-state index contributed by atoms with van der Waals surface area (Å²) in [4.78, 5) is 11.4. The summed E-state index contributed by atoms with van der Waals surface area (Å²) in [7, 11) is 1.82. The van der Waals surface area contributed by atoms with Crippen molar-refractivity contribution in [3.05, 3.63) is 53.7 Å². The molecule has 3 heterocycles. The third kappa shape index (κ3) is 4.86. The third-order valence-corrected chi connectivity index (χ3v) is 5.86. The van der Waals surface area contributed by atoms with Crippen LogP contribution in [0.25, 0.3) is 0 Å². The van der Waals surface area contributed by atoms with E-state index in [0.29, 0.717) is 6.54 Å². The Bertz CT molecular complexity index is 889. The van der Waals surface area contributed by atoms with Gasteiger partial charge in [-0.2, -0.15) is 0 Å². The quantitative estimate of drug-likeness (QED) is 0.592. The molecule has 0 bridgehead atoms. The van der Waals surface area contributed by atoms with Crippen molar-refractivity contribution >= 4 is 11.8 Å². The summed E-state index contributed by atoms with van der Waals surface area (Å²) in [5.74, 6) is 2.82. The molecule has 0 aliphatic carbocycles. The number of ether oxygens (including phenoxy) is 1. The van der Waals surface area contributed by atoms with E-state index in [1.807, 2.05) is 25.4 Å². The molecule has 1 atom stereocenters. The highest BCUT2D eigenvalue weighted by Crippen LogP contribution is 2.39. The van der Waals surface area contributed by atoms with Gasteiger partial charge in [0.2, 0.25) is 0 Å². The van der Waals surface area contributed by atoms with E-state index in [9.17, 15) is 0 Å². The zero-order chi connectivity index (χ0) is 21.0. The Hall–Kier alpha value is -2.76. The average molecular weight is 408 g/mol. The first-order valence-corrected chi connectivity index (χ1v) is 11.0. The number of fused-ring (bicyclic) bond motifs is 1. The van der Waals surface area contributed by atoms with Crippen molar-refractivity contribution in [1.82, 2.24) is 15.6 Å². The van der Waals surface area contributed by atoms with Crippen LogP contribution in [0.1, 0.15) is 56.7 Å². The second kappa shape index (κ2) is 8.94. The fourth-order valence-corrected chi connectivity index (χ4v) is 4.34. The maximum atomic E-state index is 6.15. The Balaban J connectivity index is 1.41. The standard InChI is InChI=1S/C24H33N5O/c1-24(2)16-20(19-9-5-6-10-21(19)30-24)28-23(25-3)27-17-18-11-12-26-22(15-18)29-13-7-4-8-14-29/h5-6,9-12,15,20H,4,7-8,13-14,16-17H2,1-3H3,(H2,25,27,28). The molecule has 1 aromatic carbocycles. The molecule has 0 spiro atoms. The molecule has 2 aliphatic heterocycles. The predicted octanol–water partition coefficient (Wildman–Crippen LogP) is 4.04. The molecule has 0 radical (unpaired) electrons. The van der Waals surface area contributed by atoms with E-state index >= 15 is 0 Å². The lowest BCUT2D eigenvalue weighted by Gasteiger charge is -2.38. The summed E-state index contributed by atoms with van der Waals surface area (Å²) in [5.41, 5.74) is 2.16. The Morgan fingerprint density at radius 2 is 2.00 bits per heavy atom. The number of guanidine groups is 1. The number of nitrogens with zero attached hydrogens (tertiary/aromatic N) is 3. The number of hydrogen-bond donors (Lipinski definition) is 2. The SMILES string of the molecule is CN=C(NCc1ccnc(N2CCCCC2)c1)NC1CC(C)(C)Oc2ccccc21. The molecule has 2 aromatic rings. The number of anilines is 1. The topological polar surface area (TPSA) is 61.8 Å². The van der Waals surface area contributed by atoms with Crippen LogP contribution in [0.4, 0.5) is 5.82 Å². The van der Waals surface area contributed by atoms with E-state index in [2.05, 4.69) is 63.6 Å². The van der Waals surface area contributed by atoms with Gasteiger partial charge in [-0.25, -0.2) is 4.98 Å². The molecular weight excluding hydrogens is 374 g/mol. The van der Waals surface area contributed by atoms with Gasteiger partial charge in [-0.05, 0) is 56.9 Å². The molecule has 1 aromatic heterocycles. The number of piperidine rings is 1. The maximum Gasteiger partial charge on any atom is 0.191 e. The van der Waals surface area contributed by atoms with Crippen LogP contribution in [0.15, 0.2) is 47.6 Å². The van der Waals surface area contributed by atoms with Crippen molar-refractivity contribution in [3.63, 3.8) is 0 Å². The number of benzene rings is 1. The highest BCUT2D eigenvalue weighted by atomic mass is 16.5. The van der Waals surface area contributed by atoms with Gasteiger partial charge in [0.1, 0.15) is 17.2 Å². The zero-order valence-corrected chi connectivity index (χ0v) is 18.3. The highest BCUT2D eigenvalue weighted by molar-refractivity contribution is 5.80. The van der Waals surface area contributed by atoms with Gasteiger partial charge in [0.05, 0.1) is 6.04 Å². The largest absolute Gasteiger partial charge is 0.487 e. The van der Waals surface area contributed by atoms with Crippen LogP contribution in [0.3, 0.4) is 0 Å². The number of pyridine rings is 1. The molecule has 160 valence electrons.